The summed E-state index contributed by atoms with van der Waals surface area (Å²) < 4.78 is 0. The number of nitrogens with one attached hydrogen (secondary N) is 2. The van der Waals surface area contributed by atoms with Crippen LogP contribution in [0.2, 0.25) is 0 Å². The highest BCUT2D eigenvalue weighted by Crippen LogP contribution is 1.26. The van der Waals surface area contributed by atoms with E-state index >= 15 is 0 Å². The molecule has 0 aromatic rings. The normalized spacial score (nSPS) is 6.00. The molecule has 0 aliphatic carbocycles. The monoisotopic (exact) mass is 210 g/mol. The SMILES string of the molecule is CNC.CNC.NC(N)=O.NC(N)=O. The third kappa shape index (κ3) is 395. The van der Waals surface area contributed by atoms with Crippen LogP contribution in [0.15, 0.2) is 0 Å². The summed E-state index contributed by atoms with van der Waals surface area (Å²) in [5.41, 5.74) is 17.0. The molecular formula is C6H22N6O2. The van der Waals surface area contributed by atoms with Crippen LogP contribution < -0.4 is 33.6 Å². The van der Waals surface area contributed by atoms with Crippen molar-refractivity contribution >= 4 is 12.1 Å². The summed E-state index contributed by atoms with van der Waals surface area (Å²) in [6, 6.07) is -1.67. The molecule has 0 aromatic heterocycles. The molecule has 8 heteroatoms. The van der Waals surface area contributed by atoms with Gasteiger partial charge < -0.3 is 33.6 Å². The molecule has 0 fully saturated rings. The molecule has 0 atom stereocenters. The molecule has 14 heavy (non-hydrogen) atoms. The van der Waals surface area contributed by atoms with Gasteiger partial charge in [-0.15, -0.1) is 0 Å². The highest BCUT2D eigenvalue weighted by molar-refractivity contribution is 5.69. The van der Waals surface area contributed by atoms with Crippen LogP contribution in [0.1, 0.15) is 0 Å². The second-order valence-electron chi connectivity index (χ2n) is 1.80. The van der Waals surface area contributed by atoms with Crippen LogP contribution in [0.3, 0.4) is 0 Å². The fourth-order valence-electron chi connectivity index (χ4n) is 0. The van der Waals surface area contributed by atoms with Crippen molar-refractivity contribution < 1.29 is 9.59 Å². The second-order valence-corrected chi connectivity index (χ2v) is 1.80. The molecule has 88 valence electrons. The van der Waals surface area contributed by atoms with Gasteiger partial charge in [0.15, 0.2) is 0 Å². The van der Waals surface area contributed by atoms with E-state index in [9.17, 15) is 0 Å². The van der Waals surface area contributed by atoms with Gasteiger partial charge in [0.1, 0.15) is 0 Å². The Balaban J connectivity index is -0.0000000482. The van der Waals surface area contributed by atoms with Crippen LogP contribution >= 0.6 is 0 Å². The summed E-state index contributed by atoms with van der Waals surface area (Å²) in [5, 5.41) is 5.50. The van der Waals surface area contributed by atoms with E-state index in [1.807, 2.05) is 28.2 Å². The lowest BCUT2D eigenvalue weighted by Crippen LogP contribution is -2.18. The maximum absolute atomic E-state index is 9.00. The lowest BCUT2D eigenvalue weighted by atomic mass is 11.2. The Bertz CT molecular complexity index is 96.9. The van der Waals surface area contributed by atoms with Crippen molar-refractivity contribution in [2.24, 2.45) is 22.9 Å². The van der Waals surface area contributed by atoms with E-state index in [1.54, 1.807) is 0 Å². The molecule has 0 saturated heterocycles. The molecule has 8 nitrogen and oxygen atoms in total. The molecule has 0 radical (unpaired) electrons. The summed E-state index contributed by atoms with van der Waals surface area (Å²) in [6.45, 7) is 0. The predicted octanol–water partition coefficient (Wildman–Crippen LogP) is -2.28. The van der Waals surface area contributed by atoms with Gasteiger partial charge in [-0.25, -0.2) is 9.59 Å². The number of nitrogens with two attached hydrogens (primary N) is 4. The van der Waals surface area contributed by atoms with E-state index < -0.39 is 12.1 Å². The summed E-state index contributed by atoms with van der Waals surface area (Å²) in [6.07, 6.45) is 0. The van der Waals surface area contributed by atoms with Gasteiger partial charge >= 0.3 is 12.1 Å². The Morgan fingerprint density at radius 3 is 0.714 bits per heavy atom. The lowest BCUT2D eigenvalue weighted by molar-refractivity contribution is 0.255. The maximum Gasteiger partial charge on any atom is 0.309 e. The summed E-state index contributed by atoms with van der Waals surface area (Å²) in [5.74, 6) is 0. The van der Waals surface area contributed by atoms with Gasteiger partial charge in [-0.2, -0.15) is 0 Å². The smallest absolute Gasteiger partial charge is 0.309 e. The van der Waals surface area contributed by atoms with Crippen LogP contribution in [-0.4, -0.2) is 40.3 Å². The van der Waals surface area contributed by atoms with Crippen LogP contribution in [0.5, 0.6) is 0 Å². The Hall–Kier alpha value is -1.54. The van der Waals surface area contributed by atoms with Gasteiger partial charge in [0.25, 0.3) is 0 Å². The van der Waals surface area contributed by atoms with Crippen molar-refractivity contribution in [3.05, 3.63) is 0 Å². The van der Waals surface area contributed by atoms with Crippen LogP contribution in [0, 0.1) is 0 Å². The van der Waals surface area contributed by atoms with E-state index in [-0.39, 0.29) is 0 Å². The van der Waals surface area contributed by atoms with Crippen molar-refractivity contribution in [1.82, 2.24) is 10.6 Å². The average molecular weight is 210 g/mol. The van der Waals surface area contributed by atoms with Gasteiger partial charge in [0.05, 0.1) is 0 Å². The number of hydrogen-bond acceptors (Lipinski definition) is 4. The number of amides is 4. The molecule has 0 aromatic carbocycles. The van der Waals surface area contributed by atoms with Crippen molar-refractivity contribution in [3.8, 4) is 0 Å². The number of urea groups is 2. The van der Waals surface area contributed by atoms with Crippen LogP contribution in [0.25, 0.3) is 0 Å². The zero-order valence-corrected chi connectivity index (χ0v) is 9.13. The van der Waals surface area contributed by atoms with E-state index in [4.69, 9.17) is 9.59 Å². The Morgan fingerprint density at radius 1 is 0.714 bits per heavy atom. The lowest BCUT2D eigenvalue weighted by Gasteiger charge is -1.62. The second kappa shape index (κ2) is 30.0. The third-order valence-corrected chi connectivity index (χ3v) is 0. The summed E-state index contributed by atoms with van der Waals surface area (Å²) in [7, 11) is 7.50. The molecule has 0 spiro atoms. The number of primary amides is 4. The molecule has 0 aliphatic rings. The zero-order valence-electron chi connectivity index (χ0n) is 9.13. The largest absolute Gasteiger partial charge is 0.352 e. The molecule has 4 amide bonds. The fourth-order valence-corrected chi connectivity index (χ4v) is 0. The fraction of sp³-hybridized carbons (Fsp3) is 0.667. The van der Waals surface area contributed by atoms with E-state index in [0.29, 0.717) is 0 Å². The first-order valence-corrected chi connectivity index (χ1v) is 3.56. The van der Waals surface area contributed by atoms with E-state index in [0.717, 1.165) is 0 Å². The third-order valence-electron chi connectivity index (χ3n) is 0. The highest BCUT2D eigenvalue weighted by Gasteiger charge is 1.61. The number of carbonyl (C=O) groups excluding carboxylic acids is 2. The molecule has 10 N–H and O–H groups in total. The van der Waals surface area contributed by atoms with Gasteiger partial charge in [-0.05, 0) is 28.2 Å². The summed E-state index contributed by atoms with van der Waals surface area (Å²) in [4.78, 5) is 18.0. The molecule has 0 heterocycles. The van der Waals surface area contributed by atoms with Crippen LogP contribution in [0.4, 0.5) is 9.59 Å². The molecule has 0 rings (SSSR count). The Labute approximate surface area is 84.4 Å². The Morgan fingerprint density at radius 2 is 0.714 bits per heavy atom. The average Bonchev–Trinajstić information content (AvgIpc) is 1.85. The number of hydrogen-bond donors (Lipinski definition) is 6. The van der Waals surface area contributed by atoms with Gasteiger partial charge in [0, 0.05) is 0 Å². The van der Waals surface area contributed by atoms with Crippen molar-refractivity contribution in [2.45, 2.75) is 0 Å². The minimum atomic E-state index is -0.833. The first kappa shape index (κ1) is 22.9. The maximum atomic E-state index is 9.00. The zero-order chi connectivity index (χ0) is 12.6. The van der Waals surface area contributed by atoms with Gasteiger partial charge in [-0.3, -0.25) is 0 Å². The molecule has 0 bridgehead atoms. The highest BCUT2D eigenvalue weighted by atomic mass is 16.2. The first-order valence-electron chi connectivity index (χ1n) is 3.56. The minimum absolute atomic E-state index is 0.833. The van der Waals surface area contributed by atoms with Crippen molar-refractivity contribution in [3.63, 3.8) is 0 Å². The summed E-state index contributed by atoms with van der Waals surface area (Å²) >= 11 is 0. The van der Waals surface area contributed by atoms with Crippen molar-refractivity contribution in [2.75, 3.05) is 28.2 Å². The topological polar surface area (TPSA) is 162 Å². The van der Waals surface area contributed by atoms with Gasteiger partial charge in [-0.1, -0.05) is 0 Å². The number of rotatable bonds is 0. The van der Waals surface area contributed by atoms with Crippen molar-refractivity contribution in [1.29, 1.82) is 0 Å². The predicted molar refractivity (Wildman–Crippen MR) is 57.5 cm³/mol. The molecule has 0 unspecified atom stereocenters. The number of carbonyl (C=O) groups is 2. The first-order chi connectivity index (χ1) is 6.29. The van der Waals surface area contributed by atoms with E-state index in [2.05, 4.69) is 33.6 Å². The Kier molecular flexibility index (Phi) is 49.1. The van der Waals surface area contributed by atoms with Gasteiger partial charge in [0.2, 0.25) is 0 Å². The quantitative estimate of drug-likeness (QED) is 0.265. The molecule has 0 saturated carbocycles. The molecule has 0 aliphatic heterocycles. The minimum Gasteiger partial charge on any atom is -0.352 e. The standard InChI is InChI=1S/2C2H7N.2CH4N2O/c2*1-3-2;2*2-1(3)4/h2*3H,1-2H3;2*(H4,2,3,4). The van der Waals surface area contributed by atoms with Crippen LogP contribution in [-0.2, 0) is 0 Å². The van der Waals surface area contributed by atoms with E-state index in [1.165, 1.54) is 0 Å². The molecular weight excluding hydrogens is 188 g/mol.